The molecular formula is C16H22N2O4. The van der Waals surface area contributed by atoms with Crippen LogP contribution in [0, 0.1) is 0 Å². The minimum absolute atomic E-state index is 0.00787. The second-order valence-corrected chi connectivity index (χ2v) is 5.37. The average Bonchev–Trinajstić information content (AvgIpc) is 2.84. The van der Waals surface area contributed by atoms with Crippen molar-refractivity contribution in [2.24, 2.45) is 0 Å². The van der Waals surface area contributed by atoms with Crippen molar-refractivity contribution < 1.29 is 19.1 Å². The molecule has 1 fully saturated rings. The zero-order valence-electron chi connectivity index (χ0n) is 13.0. The van der Waals surface area contributed by atoms with E-state index >= 15 is 0 Å². The Kier molecular flexibility index (Phi) is 5.63. The van der Waals surface area contributed by atoms with E-state index in [0.29, 0.717) is 32.4 Å². The van der Waals surface area contributed by atoms with Crippen LogP contribution in [-0.2, 0) is 16.0 Å². The number of benzene rings is 1. The summed E-state index contributed by atoms with van der Waals surface area (Å²) < 4.78 is 10.2. The Hall–Kier alpha value is -2.24. The SMILES string of the molecule is COc1ccc(CCC(=O)NCCC2CN(C)C(=O)O2)cc1. The summed E-state index contributed by atoms with van der Waals surface area (Å²) in [5, 5.41) is 2.86. The van der Waals surface area contributed by atoms with Crippen molar-refractivity contribution in [1.29, 1.82) is 0 Å². The van der Waals surface area contributed by atoms with Gasteiger partial charge in [-0.2, -0.15) is 0 Å². The molecule has 6 nitrogen and oxygen atoms in total. The van der Waals surface area contributed by atoms with Gasteiger partial charge in [-0.25, -0.2) is 4.79 Å². The first-order chi connectivity index (χ1) is 10.6. The van der Waals surface area contributed by atoms with Crippen LogP contribution in [0.15, 0.2) is 24.3 Å². The Morgan fingerprint density at radius 1 is 1.41 bits per heavy atom. The van der Waals surface area contributed by atoms with Crippen molar-refractivity contribution >= 4 is 12.0 Å². The number of ether oxygens (including phenoxy) is 2. The van der Waals surface area contributed by atoms with Crippen LogP contribution in [0.25, 0.3) is 0 Å². The van der Waals surface area contributed by atoms with E-state index in [1.54, 1.807) is 14.2 Å². The highest BCUT2D eigenvalue weighted by molar-refractivity contribution is 5.76. The standard InChI is InChI=1S/C16H22N2O4/c1-18-11-14(22-16(18)20)9-10-17-15(19)8-5-12-3-6-13(21-2)7-4-12/h3-4,6-7,14H,5,8-11H2,1-2H3,(H,17,19). The number of likely N-dealkylation sites (N-methyl/N-ethyl adjacent to an activating group) is 1. The lowest BCUT2D eigenvalue weighted by atomic mass is 10.1. The van der Waals surface area contributed by atoms with Gasteiger partial charge in [0, 0.05) is 26.4 Å². The van der Waals surface area contributed by atoms with E-state index < -0.39 is 0 Å². The fourth-order valence-electron chi connectivity index (χ4n) is 2.31. The summed E-state index contributed by atoms with van der Waals surface area (Å²) in [6.07, 6.45) is 1.35. The van der Waals surface area contributed by atoms with Crippen LogP contribution < -0.4 is 10.1 Å². The molecule has 0 aromatic heterocycles. The number of amides is 2. The zero-order valence-corrected chi connectivity index (χ0v) is 13.0. The van der Waals surface area contributed by atoms with Gasteiger partial charge in [0.15, 0.2) is 0 Å². The van der Waals surface area contributed by atoms with Crippen molar-refractivity contribution in [3.05, 3.63) is 29.8 Å². The highest BCUT2D eigenvalue weighted by Crippen LogP contribution is 2.13. The molecule has 1 atom stereocenters. The summed E-state index contributed by atoms with van der Waals surface area (Å²) in [4.78, 5) is 24.5. The van der Waals surface area contributed by atoms with Gasteiger partial charge >= 0.3 is 6.09 Å². The summed E-state index contributed by atoms with van der Waals surface area (Å²) in [6.45, 7) is 1.10. The number of aryl methyl sites for hydroxylation is 1. The second kappa shape index (κ2) is 7.68. The van der Waals surface area contributed by atoms with Gasteiger partial charge < -0.3 is 19.7 Å². The molecule has 0 bridgehead atoms. The molecular weight excluding hydrogens is 284 g/mol. The third-order valence-corrected chi connectivity index (χ3v) is 3.64. The number of carbonyl (C=O) groups excluding carboxylic acids is 2. The van der Waals surface area contributed by atoms with Crippen LogP contribution in [0.1, 0.15) is 18.4 Å². The molecule has 0 radical (unpaired) electrons. The van der Waals surface area contributed by atoms with Crippen molar-refractivity contribution in [3.8, 4) is 5.75 Å². The number of rotatable bonds is 7. The third-order valence-electron chi connectivity index (χ3n) is 3.64. The van der Waals surface area contributed by atoms with E-state index in [0.717, 1.165) is 11.3 Å². The predicted molar refractivity (Wildman–Crippen MR) is 81.8 cm³/mol. The average molecular weight is 306 g/mol. The van der Waals surface area contributed by atoms with E-state index in [1.807, 2.05) is 24.3 Å². The number of methoxy groups -OCH3 is 1. The second-order valence-electron chi connectivity index (χ2n) is 5.37. The molecule has 2 amide bonds. The van der Waals surface area contributed by atoms with Gasteiger partial charge in [0.2, 0.25) is 5.91 Å². The molecule has 1 unspecified atom stereocenters. The summed E-state index contributed by atoms with van der Waals surface area (Å²) in [7, 11) is 3.33. The van der Waals surface area contributed by atoms with Gasteiger partial charge in [-0.1, -0.05) is 12.1 Å². The first-order valence-electron chi connectivity index (χ1n) is 7.40. The molecule has 0 saturated carbocycles. The molecule has 1 aliphatic heterocycles. The van der Waals surface area contributed by atoms with Crippen LogP contribution in [0.2, 0.25) is 0 Å². The number of cyclic esters (lactones) is 1. The number of carbonyl (C=O) groups is 2. The Balaban J connectivity index is 1.62. The van der Waals surface area contributed by atoms with Crippen LogP contribution in [0.3, 0.4) is 0 Å². The van der Waals surface area contributed by atoms with Gasteiger partial charge in [0.25, 0.3) is 0 Å². The number of hydrogen-bond donors (Lipinski definition) is 1. The molecule has 22 heavy (non-hydrogen) atoms. The molecule has 6 heteroatoms. The molecule has 120 valence electrons. The van der Waals surface area contributed by atoms with Crippen LogP contribution in [0.4, 0.5) is 4.79 Å². The minimum Gasteiger partial charge on any atom is -0.497 e. The zero-order chi connectivity index (χ0) is 15.9. The molecule has 1 saturated heterocycles. The highest BCUT2D eigenvalue weighted by Gasteiger charge is 2.27. The highest BCUT2D eigenvalue weighted by atomic mass is 16.6. The maximum Gasteiger partial charge on any atom is 0.409 e. The molecule has 1 heterocycles. The quantitative estimate of drug-likeness (QED) is 0.830. The smallest absolute Gasteiger partial charge is 0.409 e. The lowest BCUT2D eigenvalue weighted by molar-refractivity contribution is -0.121. The summed E-state index contributed by atoms with van der Waals surface area (Å²) >= 11 is 0. The van der Waals surface area contributed by atoms with E-state index in [2.05, 4.69) is 5.32 Å². The van der Waals surface area contributed by atoms with Crippen molar-refractivity contribution in [2.45, 2.75) is 25.4 Å². The summed E-state index contributed by atoms with van der Waals surface area (Å²) in [5.74, 6) is 0.817. The van der Waals surface area contributed by atoms with E-state index in [4.69, 9.17) is 9.47 Å². The first kappa shape index (κ1) is 16.1. The molecule has 1 N–H and O–H groups in total. The molecule has 1 aliphatic rings. The van der Waals surface area contributed by atoms with Crippen molar-refractivity contribution in [2.75, 3.05) is 27.2 Å². The first-order valence-corrected chi connectivity index (χ1v) is 7.40. The van der Waals surface area contributed by atoms with Gasteiger partial charge in [-0.3, -0.25) is 4.79 Å². The predicted octanol–water partition coefficient (Wildman–Crippen LogP) is 1.58. The van der Waals surface area contributed by atoms with Gasteiger partial charge in [0.05, 0.1) is 13.7 Å². The maximum atomic E-state index is 11.8. The molecule has 0 spiro atoms. The monoisotopic (exact) mass is 306 g/mol. The van der Waals surface area contributed by atoms with Gasteiger partial charge in [0.1, 0.15) is 11.9 Å². The lowest BCUT2D eigenvalue weighted by Gasteiger charge is -2.09. The Morgan fingerprint density at radius 2 is 2.14 bits per heavy atom. The number of nitrogens with zero attached hydrogens (tertiary/aromatic N) is 1. The van der Waals surface area contributed by atoms with E-state index in [-0.39, 0.29) is 18.1 Å². The molecule has 2 rings (SSSR count). The van der Waals surface area contributed by atoms with Crippen molar-refractivity contribution in [1.82, 2.24) is 10.2 Å². The molecule has 0 aliphatic carbocycles. The number of nitrogens with one attached hydrogen (secondary N) is 1. The maximum absolute atomic E-state index is 11.8. The van der Waals surface area contributed by atoms with E-state index in [1.165, 1.54) is 4.90 Å². The Bertz CT molecular complexity index is 515. The van der Waals surface area contributed by atoms with Crippen molar-refractivity contribution in [3.63, 3.8) is 0 Å². The topological polar surface area (TPSA) is 67.9 Å². The Labute approximate surface area is 130 Å². The van der Waals surface area contributed by atoms with Gasteiger partial charge in [-0.05, 0) is 24.1 Å². The van der Waals surface area contributed by atoms with Gasteiger partial charge in [-0.15, -0.1) is 0 Å². The summed E-state index contributed by atoms with van der Waals surface area (Å²) in [5.41, 5.74) is 1.10. The van der Waals surface area contributed by atoms with Crippen LogP contribution in [0.5, 0.6) is 5.75 Å². The third kappa shape index (κ3) is 4.65. The summed E-state index contributed by atoms with van der Waals surface area (Å²) in [6, 6.07) is 7.69. The molecule has 1 aromatic carbocycles. The van der Waals surface area contributed by atoms with Crippen LogP contribution >= 0.6 is 0 Å². The lowest BCUT2D eigenvalue weighted by Crippen LogP contribution is -2.28. The normalized spacial score (nSPS) is 17.3. The largest absolute Gasteiger partial charge is 0.497 e. The molecule has 1 aromatic rings. The number of hydrogen-bond acceptors (Lipinski definition) is 4. The Morgan fingerprint density at radius 3 is 2.73 bits per heavy atom. The van der Waals surface area contributed by atoms with Crippen LogP contribution in [-0.4, -0.2) is 50.3 Å². The minimum atomic E-state index is -0.296. The fraction of sp³-hybridized carbons (Fsp3) is 0.500. The fourth-order valence-corrected chi connectivity index (χ4v) is 2.31. The van der Waals surface area contributed by atoms with E-state index in [9.17, 15) is 9.59 Å².